The number of benzene rings is 1. The van der Waals surface area contributed by atoms with Crippen molar-refractivity contribution >= 4 is 34.3 Å². The molecule has 0 radical (unpaired) electrons. The van der Waals surface area contributed by atoms with E-state index in [-0.39, 0.29) is 5.91 Å². The van der Waals surface area contributed by atoms with Crippen LogP contribution in [0.15, 0.2) is 35.5 Å². The van der Waals surface area contributed by atoms with Crippen LogP contribution in [0.25, 0.3) is 11.4 Å². The second-order valence-electron chi connectivity index (χ2n) is 5.70. The van der Waals surface area contributed by atoms with E-state index in [1.165, 1.54) is 23.3 Å². The highest BCUT2D eigenvalue weighted by atomic mass is 32.2. The summed E-state index contributed by atoms with van der Waals surface area (Å²) in [4.78, 5) is 25.5. The molecule has 0 atom stereocenters. The van der Waals surface area contributed by atoms with Gasteiger partial charge in [-0.3, -0.25) is 4.79 Å². The van der Waals surface area contributed by atoms with Crippen molar-refractivity contribution in [2.45, 2.75) is 31.8 Å². The largest absolute Gasteiger partial charge is 0.301 e. The van der Waals surface area contributed by atoms with Gasteiger partial charge in [-0.2, -0.15) is 9.36 Å². The molecule has 0 aliphatic rings. The van der Waals surface area contributed by atoms with Crippen LogP contribution in [-0.2, 0) is 11.2 Å². The zero-order valence-corrected chi connectivity index (χ0v) is 16.4. The number of hydrogen-bond acceptors (Lipinski definition) is 7. The average Bonchev–Trinajstić information content (AvgIpc) is 3.10. The molecule has 2 heterocycles. The number of nitrogens with zero attached hydrogens (tertiary/aromatic N) is 4. The van der Waals surface area contributed by atoms with Crippen molar-refractivity contribution in [2.75, 3.05) is 11.6 Å². The van der Waals surface area contributed by atoms with Crippen molar-refractivity contribution in [3.05, 3.63) is 47.3 Å². The van der Waals surface area contributed by atoms with E-state index < -0.39 is 0 Å². The SMILES string of the molecule is CSc1nc(C)c(CCC(=O)Nc2nc(-c3ccccc3)ns2)c(C)n1. The Morgan fingerprint density at radius 2 is 1.81 bits per heavy atom. The van der Waals surface area contributed by atoms with Crippen LogP contribution in [0.3, 0.4) is 0 Å². The van der Waals surface area contributed by atoms with Gasteiger partial charge in [0, 0.05) is 34.9 Å². The molecular weight excluding hydrogens is 366 g/mol. The molecule has 0 fully saturated rings. The molecule has 0 aliphatic carbocycles. The first kappa shape index (κ1) is 18.5. The van der Waals surface area contributed by atoms with Crippen LogP contribution < -0.4 is 5.32 Å². The van der Waals surface area contributed by atoms with Crippen LogP contribution in [0, 0.1) is 13.8 Å². The van der Waals surface area contributed by atoms with Gasteiger partial charge in [0.1, 0.15) is 0 Å². The van der Waals surface area contributed by atoms with Gasteiger partial charge in [0.25, 0.3) is 0 Å². The molecule has 0 saturated carbocycles. The summed E-state index contributed by atoms with van der Waals surface area (Å²) in [5, 5.41) is 4.10. The van der Waals surface area contributed by atoms with Crippen molar-refractivity contribution in [1.82, 2.24) is 19.3 Å². The average molecular weight is 386 g/mol. The number of thioether (sulfide) groups is 1. The first-order chi connectivity index (χ1) is 12.6. The zero-order valence-electron chi connectivity index (χ0n) is 14.8. The first-order valence-corrected chi connectivity index (χ1v) is 10.1. The predicted octanol–water partition coefficient (Wildman–Crippen LogP) is 3.91. The third-order valence-electron chi connectivity index (χ3n) is 3.89. The quantitative estimate of drug-likeness (QED) is 0.512. The number of carbonyl (C=O) groups excluding carboxylic acids is 1. The van der Waals surface area contributed by atoms with E-state index >= 15 is 0 Å². The third-order valence-corrected chi connectivity index (χ3v) is 5.07. The van der Waals surface area contributed by atoms with E-state index in [0.29, 0.717) is 23.8 Å². The summed E-state index contributed by atoms with van der Waals surface area (Å²) in [5.74, 6) is 0.534. The maximum Gasteiger partial charge on any atom is 0.226 e. The summed E-state index contributed by atoms with van der Waals surface area (Å²) in [6.45, 7) is 3.91. The predicted molar refractivity (Wildman–Crippen MR) is 106 cm³/mol. The standard InChI is InChI=1S/C18H19N5OS2/c1-11-14(12(2)20-17(19-11)25-3)9-10-15(24)21-18-22-16(23-26-18)13-7-5-4-6-8-13/h4-8H,9-10H2,1-3H3,(H,21,22,23,24). The second-order valence-corrected chi connectivity index (χ2v) is 7.22. The molecule has 3 rings (SSSR count). The van der Waals surface area contributed by atoms with Crippen molar-refractivity contribution in [3.8, 4) is 11.4 Å². The fourth-order valence-corrected chi connectivity index (χ4v) is 3.62. The minimum atomic E-state index is -0.0893. The number of anilines is 1. The van der Waals surface area contributed by atoms with Crippen molar-refractivity contribution in [2.24, 2.45) is 0 Å². The zero-order chi connectivity index (χ0) is 18.5. The van der Waals surface area contributed by atoms with Gasteiger partial charge in [-0.05, 0) is 32.1 Å². The third kappa shape index (κ3) is 4.44. The Morgan fingerprint density at radius 1 is 1.12 bits per heavy atom. The van der Waals surface area contributed by atoms with E-state index in [4.69, 9.17) is 0 Å². The van der Waals surface area contributed by atoms with Crippen LogP contribution >= 0.6 is 23.3 Å². The summed E-state index contributed by atoms with van der Waals surface area (Å²) >= 11 is 2.70. The second kappa shape index (κ2) is 8.37. The van der Waals surface area contributed by atoms with Gasteiger partial charge in [0.2, 0.25) is 11.0 Å². The summed E-state index contributed by atoms with van der Waals surface area (Å²) in [7, 11) is 0. The molecule has 2 aromatic heterocycles. The Hall–Kier alpha value is -2.32. The highest BCUT2D eigenvalue weighted by Gasteiger charge is 2.13. The Kier molecular flexibility index (Phi) is 5.95. The smallest absolute Gasteiger partial charge is 0.226 e. The van der Waals surface area contributed by atoms with Crippen LogP contribution in [0.2, 0.25) is 0 Å². The Balaban J connectivity index is 1.61. The van der Waals surface area contributed by atoms with Gasteiger partial charge >= 0.3 is 0 Å². The molecule has 0 bridgehead atoms. The molecule has 26 heavy (non-hydrogen) atoms. The normalized spacial score (nSPS) is 10.7. The number of aryl methyl sites for hydroxylation is 2. The summed E-state index contributed by atoms with van der Waals surface area (Å²) in [5.41, 5.74) is 3.82. The van der Waals surface area contributed by atoms with E-state index in [1.54, 1.807) is 0 Å². The first-order valence-electron chi connectivity index (χ1n) is 8.14. The number of nitrogens with one attached hydrogen (secondary N) is 1. The molecule has 1 amide bonds. The molecule has 0 spiro atoms. The van der Waals surface area contributed by atoms with E-state index in [1.807, 2.05) is 50.4 Å². The van der Waals surface area contributed by atoms with Gasteiger partial charge in [0.05, 0.1) is 0 Å². The molecule has 0 aliphatic heterocycles. The van der Waals surface area contributed by atoms with Crippen LogP contribution in [0.5, 0.6) is 0 Å². The molecule has 3 aromatic rings. The summed E-state index contributed by atoms with van der Waals surface area (Å²) in [6.07, 6.45) is 2.90. The fraction of sp³-hybridized carbons (Fsp3) is 0.278. The maximum atomic E-state index is 12.3. The molecular formula is C18H19N5OS2. The molecule has 8 heteroatoms. The molecule has 0 unspecified atom stereocenters. The molecule has 1 aromatic carbocycles. The molecule has 6 nitrogen and oxygen atoms in total. The molecule has 1 N–H and O–H groups in total. The van der Waals surface area contributed by atoms with Gasteiger partial charge in [0.15, 0.2) is 11.0 Å². The number of rotatable bonds is 6. The van der Waals surface area contributed by atoms with Crippen molar-refractivity contribution < 1.29 is 4.79 Å². The lowest BCUT2D eigenvalue weighted by molar-refractivity contribution is -0.116. The van der Waals surface area contributed by atoms with Crippen molar-refractivity contribution in [1.29, 1.82) is 0 Å². The Labute approximate surface area is 160 Å². The lowest BCUT2D eigenvalue weighted by atomic mass is 10.1. The van der Waals surface area contributed by atoms with E-state index in [2.05, 4.69) is 24.6 Å². The number of hydrogen-bond donors (Lipinski definition) is 1. The van der Waals surface area contributed by atoms with E-state index in [0.717, 1.165) is 27.7 Å². The van der Waals surface area contributed by atoms with Gasteiger partial charge < -0.3 is 5.32 Å². The van der Waals surface area contributed by atoms with Crippen LogP contribution in [0.1, 0.15) is 23.4 Å². The fourth-order valence-electron chi connectivity index (χ4n) is 2.56. The molecule has 134 valence electrons. The number of carbonyl (C=O) groups is 1. The Bertz CT molecular complexity index is 888. The summed E-state index contributed by atoms with van der Waals surface area (Å²) < 4.78 is 4.30. The minimum Gasteiger partial charge on any atom is -0.301 e. The van der Waals surface area contributed by atoms with Crippen LogP contribution in [0.4, 0.5) is 5.13 Å². The Morgan fingerprint density at radius 3 is 2.46 bits per heavy atom. The molecule has 0 saturated heterocycles. The lowest BCUT2D eigenvalue weighted by Gasteiger charge is -2.09. The van der Waals surface area contributed by atoms with Crippen molar-refractivity contribution in [3.63, 3.8) is 0 Å². The van der Waals surface area contributed by atoms with E-state index in [9.17, 15) is 4.79 Å². The number of aromatic nitrogens is 4. The van der Waals surface area contributed by atoms with Gasteiger partial charge in [-0.15, -0.1) is 0 Å². The highest BCUT2D eigenvalue weighted by molar-refractivity contribution is 7.98. The monoisotopic (exact) mass is 385 g/mol. The van der Waals surface area contributed by atoms with Gasteiger partial charge in [-0.25, -0.2) is 9.97 Å². The topological polar surface area (TPSA) is 80.7 Å². The number of amides is 1. The minimum absolute atomic E-state index is 0.0893. The highest BCUT2D eigenvalue weighted by Crippen LogP contribution is 2.21. The van der Waals surface area contributed by atoms with Crippen LogP contribution in [-0.4, -0.2) is 31.5 Å². The summed E-state index contributed by atoms with van der Waals surface area (Å²) in [6, 6.07) is 9.69. The van der Waals surface area contributed by atoms with Gasteiger partial charge in [-0.1, -0.05) is 42.1 Å². The lowest BCUT2D eigenvalue weighted by Crippen LogP contribution is -2.13. The maximum absolute atomic E-state index is 12.3.